The summed E-state index contributed by atoms with van der Waals surface area (Å²) >= 11 is 0. The summed E-state index contributed by atoms with van der Waals surface area (Å²) in [5.74, 6) is 0.0923. The van der Waals surface area contributed by atoms with Crippen LogP contribution in [0.5, 0.6) is 5.75 Å². The molecule has 0 aliphatic rings. The number of phenolic OH excluding ortho intramolecular Hbond substituents is 1. The third kappa shape index (κ3) is 3.96. The number of phenols is 1. The van der Waals surface area contributed by atoms with Gasteiger partial charge < -0.3 is 5.11 Å². The number of nitrogens with one attached hydrogen (secondary N) is 1. The molecule has 0 fully saturated rings. The van der Waals surface area contributed by atoms with Crippen molar-refractivity contribution >= 4 is 21.4 Å². The van der Waals surface area contributed by atoms with Crippen LogP contribution in [0.1, 0.15) is 50.7 Å². The van der Waals surface area contributed by atoms with E-state index in [2.05, 4.69) is 4.72 Å². The summed E-state index contributed by atoms with van der Waals surface area (Å²) in [4.78, 5) is 9.99. The number of nitrogens with zero attached hydrogens (tertiary/aromatic N) is 1. The molecule has 7 nitrogen and oxygen atoms in total. The van der Waals surface area contributed by atoms with Crippen molar-refractivity contribution in [2.75, 3.05) is 4.72 Å². The lowest BCUT2D eigenvalue weighted by molar-refractivity contribution is -0.387. The zero-order valence-corrected chi connectivity index (χ0v) is 15.9. The highest BCUT2D eigenvalue weighted by Gasteiger charge is 2.26. The topological polar surface area (TPSA) is 110 Å². The second kappa shape index (κ2) is 7.33. The SMILES string of the molecule is CC(C)c1cc(NS(=O)(=O)c2ccccc2[N+](=O)[O-])cc(C(C)C)c1O. The maximum Gasteiger partial charge on any atom is 0.289 e. The van der Waals surface area contributed by atoms with Gasteiger partial charge in [-0.15, -0.1) is 0 Å². The smallest absolute Gasteiger partial charge is 0.289 e. The molecule has 2 aromatic rings. The molecule has 0 aliphatic heterocycles. The molecular formula is C18H22N2O5S. The molecule has 26 heavy (non-hydrogen) atoms. The standard InChI is InChI=1S/C18H22N2O5S/c1-11(2)14-9-13(10-15(12(3)4)18(14)21)19-26(24,25)17-8-6-5-7-16(17)20(22)23/h5-12,19,21H,1-4H3. The van der Waals surface area contributed by atoms with Gasteiger partial charge >= 0.3 is 0 Å². The van der Waals surface area contributed by atoms with E-state index in [9.17, 15) is 23.6 Å². The molecule has 0 spiro atoms. The molecule has 0 bridgehead atoms. The summed E-state index contributed by atoms with van der Waals surface area (Å²) in [6.45, 7) is 7.55. The fourth-order valence-electron chi connectivity index (χ4n) is 2.66. The lowest BCUT2D eigenvalue weighted by atomic mass is 9.93. The minimum atomic E-state index is -4.16. The number of sulfonamides is 1. The molecular weight excluding hydrogens is 356 g/mol. The van der Waals surface area contributed by atoms with Gasteiger partial charge in [0.05, 0.1) is 4.92 Å². The van der Waals surface area contributed by atoms with Crippen LogP contribution < -0.4 is 4.72 Å². The van der Waals surface area contributed by atoms with Gasteiger partial charge in [0.15, 0.2) is 4.90 Å². The van der Waals surface area contributed by atoms with Crippen molar-refractivity contribution in [2.24, 2.45) is 0 Å². The van der Waals surface area contributed by atoms with E-state index in [1.165, 1.54) is 18.2 Å². The highest BCUT2D eigenvalue weighted by atomic mass is 32.2. The van der Waals surface area contributed by atoms with Crippen molar-refractivity contribution in [3.05, 3.63) is 57.6 Å². The Kier molecular flexibility index (Phi) is 5.56. The van der Waals surface area contributed by atoms with Gasteiger partial charge in [0, 0.05) is 11.8 Å². The molecule has 0 aromatic heterocycles. The Bertz CT molecular complexity index is 907. The number of nitro groups is 1. The summed E-state index contributed by atoms with van der Waals surface area (Å²) in [7, 11) is -4.16. The normalized spacial score (nSPS) is 11.8. The van der Waals surface area contributed by atoms with Gasteiger partial charge in [-0.1, -0.05) is 39.8 Å². The Morgan fingerprint density at radius 3 is 2.00 bits per heavy atom. The summed E-state index contributed by atoms with van der Waals surface area (Å²) in [6.07, 6.45) is 0. The maximum atomic E-state index is 12.7. The first-order valence-electron chi connectivity index (χ1n) is 8.17. The first-order valence-corrected chi connectivity index (χ1v) is 9.66. The zero-order valence-electron chi connectivity index (χ0n) is 15.1. The van der Waals surface area contributed by atoms with Gasteiger partial charge in [0.1, 0.15) is 5.75 Å². The van der Waals surface area contributed by atoms with Crippen LogP contribution in [-0.4, -0.2) is 18.4 Å². The number of aromatic hydroxyl groups is 1. The number of nitro benzene ring substituents is 1. The lowest BCUT2D eigenvalue weighted by Crippen LogP contribution is -2.15. The number of benzene rings is 2. The van der Waals surface area contributed by atoms with E-state index >= 15 is 0 Å². The summed E-state index contributed by atoms with van der Waals surface area (Å²) in [6, 6.07) is 8.28. The first-order chi connectivity index (χ1) is 12.0. The number of rotatable bonds is 6. The summed E-state index contributed by atoms with van der Waals surface area (Å²) < 4.78 is 27.8. The molecule has 0 saturated carbocycles. The van der Waals surface area contributed by atoms with Crippen molar-refractivity contribution < 1.29 is 18.4 Å². The lowest BCUT2D eigenvalue weighted by Gasteiger charge is -2.18. The second-order valence-corrected chi connectivity index (χ2v) is 8.29. The molecule has 0 unspecified atom stereocenters. The number of anilines is 1. The van der Waals surface area contributed by atoms with Gasteiger partial charge in [0.2, 0.25) is 0 Å². The molecule has 0 heterocycles. The molecule has 8 heteroatoms. The van der Waals surface area contributed by atoms with Crippen LogP contribution in [0.4, 0.5) is 11.4 Å². The highest BCUT2D eigenvalue weighted by molar-refractivity contribution is 7.92. The second-order valence-electron chi connectivity index (χ2n) is 6.64. The molecule has 0 radical (unpaired) electrons. The molecule has 140 valence electrons. The zero-order chi connectivity index (χ0) is 19.6. The van der Waals surface area contributed by atoms with Crippen molar-refractivity contribution in [3.63, 3.8) is 0 Å². The summed E-state index contributed by atoms with van der Waals surface area (Å²) in [5, 5.41) is 21.6. The van der Waals surface area contributed by atoms with Crippen LogP contribution in [0.15, 0.2) is 41.3 Å². The third-order valence-corrected chi connectivity index (χ3v) is 5.45. The molecule has 0 atom stereocenters. The van der Waals surface area contributed by atoms with Crippen molar-refractivity contribution in [1.82, 2.24) is 0 Å². The first kappa shape index (κ1) is 19.7. The highest BCUT2D eigenvalue weighted by Crippen LogP contribution is 2.37. The Hall–Kier alpha value is -2.61. The molecule has 0 aliphatic carbocycles. The molecule has 2 aromatic carbocycles. The number of hydrogen-bond donors (Lipinski definition) is 2. The molecule has 2 N–H and O–H groups in total. The van der Waals surface area contributed by atoms with Gasteiger partial charge in [-0.05, 0) is 41.2 Å². The van der Waals surface area contributed by atoms with Crippen molar-refractivity contribution in [1.29, 1.82) is 0 Å². The predicted octanol–water partition coefficient (Wildman–Crippen LogP) is 4.35. The average Bonchev–Trinajstić information content (AvgIpc) is 2.55. The van der Waals surface area contributed by atoms with Crippen molar-refractivity contribution in [3.8, 4) is 5.75 Å². The van der Waals surface area contributed by atoms with E-state index in [0.29, 0.717) is 11.1 Å². The Morgan fingerprint density at radius 2 is 1.54 bits per heavy atom. The fraction of sp³-hybridized carbons (Fsp3) is 0.333. The Balaban J connectivity index is 2.56. The van der Waals surface area contributed by atoms with Crippen LogP contribution in [0.2, 0.25) is 0 Å². The minimum Gasteiger partial charge on any atom is -0.507 e. The predicted molar refractivity (Wildman–Crippen MR) is 100 cm³/mol. The van der Waals surface area contributed by atoms with Gasteiger partial charge in [-0.25, -0.2) is 8.42 Å². The molecule has 0 saturated heterocycles. The third-order valence-electron chi connectivity index (χ3n) is 4.02. The van der Waals surface area contributed by atoms with E-state index in [1.54, 1.807) is 12.1 Å². The van der Waals surface area contributed by atoms with Crippen LogP contribution in [0, 0.1) is 10.1 Å². The van der Waals surface area contributed by atoms with Crippen LogP contribution >= 0.6 is 0 Å². The fourth-order valence-corrected chi connectivity index (χ4v) is 3.88. The summed E-state index contributed by atoms with van der Waals surface area (Å²) in [5.41, 5.74) is 0.980. The van der Waals surface area contributed by atoms with E-state index in [1.807, 2.05) is 27.7 Å². The average molecular weight is 378 g/mol. The van der Waals surface area contributed by atoms with Crippen LogP contribution in [-0.2, 0) is 10.0 Å². The Labute approximate surface area is 152 Å². The van der Waals surface area contributed by atoms with Gasteiger partial charge in [-0.3, -0.25) is 14.8 Å². The van der Waals surface area contributed by atoms with E-state index < -0.39 is 25.5 Å². The van der Waals surface area contributed by atoms with E-state index in [4.69, 9.17) is 0 Å². The Morgan fingerprint density at radius 1 is 1.04 bits per heavy atom. The number of para-hydroxylation sites is 1. The molecule has 0 amide bonds. The quantitative estimate of drug-likeness (QED) is 0.441. The number of hydrogen-bond acceptors (Lipinski definition) is 5. The van der Waals surface area contributed by atoms with Gasteiger partial charge in [-0.2, -0.15) is 0 Å². The van der Waals surface area contributed by atoms with E-state index in [0.717, 1.165) is 6.07 Å². The minimum absolute atomic E-state index is 0.0250. The van der Waals surface area contributed by atoms with Gasteiger partial charge in [0.25, 0.3) is 15.7 Å². The van der Waals surface area contributed by atoms with Crippen molar-refractivity contribution in [2.45, 2.75) is 44.4 Å². The van der Waals surface area contributed by atoms with Crippen LogP contribution in [0.25, 0.3) is 0 Å². The maximum absolute atomic E-state index is 12.7. The van der Waals surface area contributed by atoms with E-state index in [-0.39, 0.29) is 23.3 Å². The largest absolute Gasteiger partial charge is 0.507 e. The van der Waals surface area contributed by atoms with Crippen LogP contribution in [0.3, 0.4) is 0 Å². The monoisotopic (exact) mass is 378 g/mol. The molecule has 2 rings (SSSR count).